The predicted molar refractivity (Wildman–Crippen MR) is 94.8 cm³/mol. The maximum absolute atomic E-state index is 5.33. The fraction of sp³-hybridized carbons (Fsp3) is 0.471. The van der Waals surface area contributed by atoms with Crippen molar-refractivity contribution in [1.82, 2.24) is 30.2 Å². The molecule has 1 aliphatic heterocycles. The maximum atomic E-state index is 5.33. The lowest BCUT2D eigenvalue weighted by molar-refractivity contribution is 0.174. The zero-order valence-electron chi connectivity index (χ0n) is 15.3. The van der Waals surface area contributed by atoms with Crippen molar-refractivity contribution in [3.63, 3.8) is 0 Å². The van der Waals surface area contributed by atoms with E-state index in [2.05, 4.69) is 35.1 Å². The fourth-order valence-electron chi connectivity index (χ4n) is 3.07. The van der Waals surface area contributed by atoms with Crippen LogP contribution in [0.5, 0.6) is 0 Å². The molecule has 0 unspecified atom stereocenters. The Kier molecular flexibility index (Phi) is 5.07. The van der Waals surface area contributed by atoms with Crippen molar-refractivity contribution in [3.8, 4) is 11.5 Å². The SMILES string of the molecule is COCc1noc(CN2CCN(c3ncccc3-c3nc(C)no3)CC2)n1. The van der Waals surface area contributed by atoms with E-state index in [0.29, 0.717) is 36.6 Å². The molecule has 0 radical (unpaired) electrons. The van der Waals surface area contributed by atoms with Crippen molar-refractivity contribution in [2.75, 3.05) is 38.2 Å². The number of methoxy groups -OCH3 is 1. The van der Waals surface area contributed by atoms with E-state index in [1.54, 1.807) is 20.2 Å². The largest absolute Gasteiger partial charge is 0.377 e. The molecule has 3 aromatic rings. The highest BCUT2D eigenvalue weighted by Gasteiger charge is 2.23. The Morgan fingerprint density at radius 1 is 1.11 bits per heavy atom. The van der Waals surface area contributed by atoms with Gasteiger partial charge in [-0.05, 0) is 19.1 Å². The van der Waals surface area contributed by atoms with Crippen LogP contribution in [0.4, 0.5) is 5.82 Å². The standard InChI is InChI=1S/C17H21N7O3/c1-12-19-17(27-21-12)13-4-3-5-18-16(13)24-8-6-23(7-9-24)10-15-20-14(11-25-2)22-26-15/h3-5H,6-11H2,1-2H3. The molecule has 3 aromatic heterocycles. The second-order valence-corrected chi connectivity index (χ2v) is 6.32. The lowest BCUT2D eigenvalue weighted by atomic mass is 10.2. The lowest BCUT2D eigenvalue weighted by Gasteiger charge is -2.35. The highest BCUT2D eigenvalue weighted by molar-refractivity contribution is 5.69. The zero-order valence-corrected chi connectivity index (χ0v) is 15.3. The molecule has 0 amide bonds. The summed E-state index contributed by atoms with van der Waals surface area (Å²) in [5, 5.41) is 7.78. The average Bonchev–Trinajstić information content (AvgIpc) is 3.32. The van der Waals surface area contributed by atoms with Crippen LogP contribution in [0.2, 0.25) is 0 Å². The zero-order chi connectivity index (χ0) is 18.6. The van der Waals surface area contributed by atoms with Gasteiger partial charge in [0.15, 0.2) is 11.6 Å². The number of hydrogen-bond acceptors (Lipinski definition) is 10. The minimum Gasteiger partial charge on any atom is -0.377 e. The topological polar surface area (TPSA) is 106 Å². The van der Waals surface area contributed by atoms with Gasteiger partial charge in [0.05, 0.1) is 12.1 Å². The molecule has 0 saturated carbocycles. The number of anilines is 1. The van der Waals surface area contributed by atoms with E-state index in [1.807, 2.05) is 12.1 Å². The van der Waals surface area contributed by atoms with Gasteiger partial charge in [-0.25, -0.2) is 4.98 Å². The molecule has 0 aromatic carbocycles. The quantitative estimate of drug-likeness (QED) is 0.629. The third kappa shape index (κ3) is 3.96. The van der Waals surface area contributed by atoms with E-state index in [9.17, 15) is 0 Å². The molecule has 142 valence electrons. The first-order chi connectivity index (χ1) is 13.2. The summed E-state index contributed by atoms with van der Waals surface area (Å²) in [4.78, 5) is 17.7. The summed E-state index contributed by atoms with van der Waals surface area (Å²) >= 11 is 0. The van der Waals surface area contributed by atoms with Crippen LogP contribution >= 0.6 is 0 Å². The lowest BCUT2D eigenvalue weighted by Crippen LogP contribution is -2.46. The van der Waals surface area contributed by atoms with Crippen molar-refractivity contribution >= 4 is 5.82 Å². The van der Waals surface area contributed by atoms with Gasteiger partial charge in [-0.1, -0.05) is 10.3 Å². The molecule has 10 heteroatoms. The molecule has 0 bridgehead atoms. The number of nitrogens with zero attached hydrogens (tertiary/aromatic N) is 7. The molecule has 1 fully saturated rings. The Morgan fingerprint density at radius 3 is 2.70 bits per heavy atom. The van der Waals surface area contributed by atoms with E-state index < -0.39 is 0 Å². The molecular formula is C17H21N7O3. The molecule has 4 rings (SSSR count). The molecule has 0 aliphatic carbocycles. The number of ether oxygens (including phenoxy) is 1. The molecular weight excluding hydrogens is 350 g/mol. The van der Waals surface area contributed by atoms with E-state index in [-0.39, 0.29) is 0 Å². The van der Waals surface area contributed by atoms with Crippen LogP contribution in [0.25, 0.3) is 11.5 Å². The smallest absolute Gasteiger partial charge is 0.261 e. The molecule has 4 heterocycles. The van der Waals surface area contributed by atoms with Crippen molar-refractivity contribution in [3.05, 3.63) is 35.9 Å². The first-order valence-electron chi connectivity index (χ1n) is 8.76. The van der Waals surface area contributed by atoms with Crippen LogP contribution in [0.1, 0.15) is 17.5 Å². The monoisotopic (exact) mass is 371 g/mol. The highest BCUT2D eigenvalue weighted by Crippen LogP contribution is 2.28. The summed E-state index contributed by atoms with van der Waals surface area (Å²) in [6, 6.07) is 3.83. The number of aromatic nitrogens is 5. The number of aryl methyl sites for hydroxylation is 1. The highest BCUT2D eigenvalue weighted by atomic mass is 16.5. The summed E-state index contributed by atoms with van der Waals surface area (Å²) < 4.78 is 15.6. The second kappa shape index (κ2) is 7.80. The van der Waals surface area contributed by atoms with Gasteiger partial charge in [-0.2, -0.15) is 9.97 Å². The van der Waals surface area contributed by atoms with Crippen molar-refractivity contribution in [2.45, 2.75) is 20.1 Å². The second-order valence-electron chi connectivity index (χ2n) is 6.32. The first-order valence-corrected chi connectivity index (χ1v) is 8.76. The first kappa shape index (κ1) is 17.6. The minimum absolute atomic E-state index is 0.356. The number of piperazine rings is 1. The molecule has 10 nitrogen and oxygen atoms in total. The third-order valence-corrected chi connectivity index (χ3v) is 4.36. The van der Waals surface area contributed by atoms with Crippen molar-refractivity contribution < 1.29 is 13.8 Å². The molecule has 1 saturated heterocycles. The van der Waals surface area contributed by atoms with Gasteiger partial charge >= 0.3 is 0 Å². The minimum atomic E-state index is 0.356. The fourth-order valence-corrected chi connectivity index (χ4v) is 3.07. The normalized spacial score (nSPS) is 15.4. The predicted octanol–water partition coefficient (Wildman–Crippen LogP) is 1.29. The number of rotatable bonds is 6. The maximum Gasteiger partial charge on any atom is 0.261 e. The molecule has 0 atom stereocenters. The van der Waals surface area contributed by atoms with Gasteiger partial charge < -0.3 is 18.7 Å². The summed E-state index contributed by atoms with van der Waals surface area (Å²) in [5.41, 5.74) is 0.854. The number of hydrogen-bond donors (Lipinski definition) is 0. The van der Waals surface area contributed by atoms with Gasteiger partial charge in [0, 0.05) is 39.5 Å². The summed E-state index contributed by atoms with van der Waals surface area (Å²) in [6.07, 6.45) is 1.78. The van der Waals surface area contributed by atoms with Crippen LogP contribution in [0.3, 0.4) is 0 Å². The van der Waals surface area contributed by atoms with Crippen LogP contribution in [-0.2, 0) is 17.9 Å². The van der Waals surface area contributed by atoms with Gasteiger partial charge in [0.25, 0.3) is 5.89 Å². The van der Waals surface area contributed by atoms with Crippen molar-refractivity contribution in [1.29, 1.82) is 0 Å². The Hall–Kier alpha value is -2.85. The Balaban J connectivity index is 1.41. The van der Waals surface area contributed by atoms with Gasteiger partial charge in [-0.3, -0.25) is 4.90 Å². The molecule has 0 spiro atoms. The molecule has 1 aliphatic rings. The molecule has 27 heavy (non-hydrogen) atoms. The Labute approximate surface area is 156 Å². The Morgan fingerprint density at radius 2 is 1.96 bits per heavy atom. The van der Waals surface area contributed by atoms with Gasteiger partial charge in [-0.15, -0.1) is 0 Å². The third-order valence-electron chi connectivity index (χ3n) is 4.36. The van der Waals surface area contributed by atoms with Crippen LogP contribution in [0, 0.1) is 6.92 Å². The van der Waals surface area contributed by atoms with Crippen LogP contribution in [0.15, 0.2) is 27.4 Å². The van der Waals surface area contributed by atoms with Crippen LogP contribution < -0.4 is 4.90 Å². The van der Waals surface area contributed by atoms with E-state index in [1.165, 1.54) is 0 Å². The molecule has 0 N–H and O–H groups in total. The summed E-state index contributed by atoms with van der Waals surface area (Å²) in [6.45, 7) is 6.17. The van der Waals surface area contributed by atoms with Gasteiger partial charge in [0.1, 0.15) is 12.4 Å². The van der Waals surface area contributed by atoms with Crippen LogP contribution in [-0.4, -0.2) is 63.5 Å². The van der Waals surface area contributed by atoms with Gasteiger partial charge in [0.2, 0.25) is 5.89 Å². The van der Waals surface area contributed by atoms with E-state index in [4.69, 9.17) is 13.8 Å². The van der Waals surface area contributed by atoms with E-state index >= 15 is 0 Å². The summed E-state index contributed by atoms with van der Waals surface area (Å²) in [5.74, 6) is 3.14. The summed E-state index contributed by atoms with van der Waals surface area (Å²) in [7, 11) is 1.61. The van der Waals surface area contributed by atoms with E-state index in [0.717, 1.165) is 37.6 Å². The van der Waals surface area contributed by atoms with Crippen molar-refractivity contribution in [2.24, 2.45) is 0 Å². The average molecular weight is 371 g/mol. The Bertz CT molecular complexity index is 886. The number of pyridine rings is 1.